The lowest BCUT2D eigenvalue weighted by Crippen LogP contribution is -2.42. The highest BCUT2D eigenvalue weighted by Crippen LogP contribution is 2.18. The fourth-order valence-corrected chi connectivity index (χ4v) is 3.65. The molecule has 1 aliphatic rings. The third-order valence-electron chi connectivity index (χ3n) is 4.94. The molecule has 0 bridgehead atoms. The molecule has 25 heavy (non-hydrogen) atoms. The highest BCUT2D eigenvalue weighted by atomic mass is 16.2. The Morgan fingerprint density at radius 1 is 1.28 bits per heavy atom. The summed E-state index contributed by atoms with van der Waals surface area (Å²) in [6, 6.07) is 10.1. The molecule has 0 radical (unpaired) electrons. The summed E-state index contributed by atoms with van der Waals surface area (Å²) in [4.78, 5) is 14.8. The molecule has 1 unspecified atom stereocenters. The van der Waals surface area contributed by atoms with E-state index in [1.54, 1.807) is 0 Å². The lowest BCUT2D eigenvalue weighted by molar-refractivity contribution is 0.0674. The summed E-state index contributed by atoms with van der Waals surface area (Å²) in [6.07, 6.45) is 2.29. The zero-order valence-electron chi connectivity index (χ0n) is 15.5. The van der Waals surface area contributed by atoms with Gasteiger partial charge in [0.25, 0.3) is 5.91 Å². The van der Waals surface area contributed by atoms with E-state index in [1.807, 2.05) is 47.8 Å². The summed E-state index contributed by atoms with van der Waals surface area (Å²) in [5, 5.41) is 7.73. The van der Waals surface area contributed by atoms with E-state index < -0.39 is 0 Å². The molecule has 1 saturated heterocycles. The molecule has 3 rings (SSSR count). The molecule has 5 heteroatoms. The fourth-order valence-electron chi connectivity index (χ4n) is 3.65. The Labute approximate surface area is 150 Å². The summed E-state index contributed by atoms with van der Waals surface area (Å²) in [5.74, 6) is 0.714. The largest absolute Gasteiger partial charge is 0.338 e. The fraction of sp³-hybridized carbons (Fsp3) is 0.500. The van der Waals surface area contributed by atoms with Crippen LogP contribution in [0.2, 0.25) is 0 Å². The monoisotopic (exact) mass is 340 g/mol. The van der Waals surface area contributed by atoms with Crippen molar-refractivity contribution < 1.29 is 4.79 Å². The molecule has 0 saturated carbocycles. The van der Waals surface area contributed by atoms with Gasteiger partial charge < -0.3 is 10.2 Å². The molecule has 5 nitrogen and oxygen atoms in total. The molecule has 134 valence electrons. The number of likely N-dealkylation sites (tertiary alicyclic amines) is 1. The van der Waals surface area contributed by atoms with Gasteiger partial charge in [0.05, 0.1) is 12.2 Å². The third kappa shape index (κ3) is 4.28. The van der Waals surface area contributed by atoms with Crippen LogP contribution in [0.5, 0.6) is 0 Å². The Balaban J connectivity index is 1.65. The summed E-state index contributed by atoms with van der Waals surface area (Å²) < 4.78 is 2.00. The smallest absolute Gasteiger partial charge is 0.253 e. The molecule has 1 aromatic carbocycles. The van der Waals surface area contributed by atoms with E-state index in [0.717, 1.165) is 55.1 Å². The van der Waals surface area contributed by atoms with Crippen molar-refractivity contribution in [3.05, 3.63) is 52.8 Å². The predicted molar refractivity (Wildman–Crippen MR) is 99.8 cm³/mol. The number of carbonyl (C=O) groups excluding carboxylic acids is 1. The normalized spacial score (nSPS) is 17.7. The van der Waals surface area contributed by atoms with Gasteiger partial charge in [0, 0.05) is 24.3 Å². The van der Waals surface area contributed by atoms with Gasteiger partial charge in [0.15, 0.2) is 0 Å². The summed E-state index contributed by atoms with van der Waals surface area (Å²) in [7, 11) is 1.97. The highest BCUT2D eigenvalue weighted by molar-refractivity contribution is 5.94. The quantitative estimate of drug-likeness (QED) is 0.910. The molecule has 1 amide bonds. The van der Waals surface area contributed by atoms with E-state index >= 15 is 0 Å². The van der Waals surface area contributed by atoms with Crippen molar-refractivity contribution in [3.63, 3.8) is 0 Å². The maximum absolute atomic E-state index is 12.8. The molecule has 2 aromatic rings. The van der Waals surface area contributed by atoms with Crippen LogP contribution in [0.15, 0.2) is 30.3 Å². The van der Waals surface area contributed by atoms with E-state index in [-0.39, 0.29) is 5.91 Å². The van der Waals surface area contributed by atoms with Crippen LogP contribution in [-0.2, 0) is 6.54 Å². The number of aryl methyl sites for hydroxylation is 2. The minimum absolute atomic E-state index is 0.151. The average Bonchev–Trinajstić information content (AvgIpc) is 2.93. The number of aromatic nitrogens is 2. The van der Waals surface area contributed by atoms with Crippen molar-refractivity contribution in [3.8, 4) is 0 Å². The maximum atomic E-state index is 12.8. The minimum atomic E-state index is 0.151. The third-order valence-corrected chi connectivity index (χ3v) is 4.94. The number of nitrogens with one attached hydrogen (secondary N) is 1. The second kappa shape index (κ2) is 7.83. The standard InChI is InChI=1S/C20H28N4O/c1-15-11-16(2)24(22-15)14-17-6-8-19(9-7-17)20(25)23-10-4-5-18(13-23)12-21-3/h6-9,11,18,21H,4-5,10,12-14H2,1-3H3. The number of hydrogen-bond donors (Lipinski definition) is 1. The van der Waals surface area contributed by atoms with Gasteiger partial charge in [-0.2, -0.15) is 5.10 Å². The topological polar surface area (TPSA) is 50.2 Å². The molecule has 1 N–H and O–H groups in total. The molecule has 0 aliphatic carbocycles. The van der Waals surface area contributed by atoms with Gasteiger partial charge in [0.1, 0.15) is 0 Å². The number of hydrogen-bond acceptors (Lipinski definition) is 3. The van der Waals surface area contributed by atoms with Gasteiger partial charge in [-0.15, -0.1) is 0 Å². The van der Waals surface area contributed by atoms with Crippen LogP contribution in [0.25, 0.3) is 0 Å². The first kappa shape index (κ1) is 17.7. The summed E-state index contributed by atoms with van der Waals surface area (Å²) in [5.41, 5.74) is 4.13. The lowest BCUT2D eigenvalue weighted by atomic mass is 9.97. The van der Waals surface area contributed by atoms with Gasteiger partial charge in [-0.3, -0.25) is 9.48 Å². The highest BCUT2D eigenvalue weighted by Gasteiger charge is 2.23. The molecular formula is C20H28N4O. The van der Waals surface area contributed by atoms with Crippen LogP contribution in [-0.4, -0.2) is 47.3 Å². The first-order valence-corrected chi connectivity index (χ1v) is 9.10. The Bertz CT molecular complexity index is 718. The number of carbonyl (C=O) groups is 1. The van der Waals surface area contributed by atoms with Crippen molar-refractivity contribution in [2.24, 2.45) is 5.92 Å². The van der Waals surface area contributed by atoms with Gasteiger partial charge in [-0.1, -0.05) is 12.1 Å². The SMILES string of the molecule is CNCC1CCCN(C(=O)c2ccc(Cn3nc(C)cc3C)cc2)C1. The van der Waals surface area contributed by atoms with Crippen LogP contribution in [0.4, 0.5) is 0 Å². The van der Waals surface area contributed by atoms with Gasteiger partial charge in [0.2, 0.25) is 0 Å². The average molecular weight is 340 g/mol. The van der Waals surface area contributed by atoms with Crippen LogP contribution in [0.3, 0.4) is 0 Å². The van der Waals surface area contributed by atoms with E-state index in [9.17, 15) is 4.79 Å². The first-order chi connectivity index (χ1) is 12.1. The van der Waals surface area contributed by atoms with Crippen LogP contribution < -0.4 is 5.32 Å². The molecule has 1 atom stereocenters. The van der Waals surface area contributed by atoms with E-state index in [0.29, 0.717) is 5.92 Å². The van der Waals surface area contributed by atoms with E-state index in [2.05, 4.69) is 23.4 Å². The lowest BCUT2D eigenvalue weighted by Gasteiger charge is -2.32. The van der Waals surface area contributed by atoms with Crippen molar-refractivity contribution in [2.75, 3.05) is 26.7 Å². The van der Waals surface area contributed by atoms with Crippen molar-refractivity contribution in [2.45, 2.75) is 33.2 Å². The Kier molecular flexibility index (Phi) is 5.53. The van der Waals surface area contributed by atoms with Crippen molar-refractivity contribution in [1.29, 1.82) is 0 Å². The summed E-state index contributed by atoms with van der Waals surface area (Å²) >= 11 is 0. The zero-order chi connectivity index (χ0) is 17.8. The number of rotatable bonds is 5. The first-order valence-electron chi connectivity index (χ1n) is 9.10. The van der Waals surface area contributed by atoms with Crippen LogP contribution >= 0.6 is 0 Å². The molecule has 1 aliphatic heterocycles. The maximum Gasteiger partial charge on any atom is 0.253 e. The van der Waals surface area contributed by atoms with Gasteiger partial charge in [-0.05, 0) is 70.0 Å². The number of nitrogens with zero attached hydrogens (tertiary/aromatic N) is 3. The second-order valence-electron chi connectivity index (χ2n) is 7.10. The van der Waals surface area contributed by atoms with E-state index in [1.165, 1.54) is 6.42 Å². The van der Waals surface area contributed by atoms with Crippen LogP contribution in [0.1, 0.15) is 40.2 Å². The minimum Gasteiger partial charge on any atom is -0.338 e. The van der Waals surface area contributed by atoms with Gasteiger partial charge >= 0.3 is 0 Å². The zero-order valence-corrected chi connectivity index (χ0v) is 15.5. The Hall–Kier alpha value is -2.14. The van der Waals surface area contributed by atoms with Crippen LogP contribution in [0, 0.1) is 19.8 Å². The molecule has 2 heterocycles. The summed E-state index contributed by atoms with van der Waals surface area (Å²) in [6.45, 7) is 7.51. The molecule has 0 spiro atoms. The molecule has 1 fully saturated rings. The molecular weight excluding hydrogens is 312 g/mol. The van der Waals surface area contributed by atoms with Crippen molar-refractivity contribution in [1.82, 2.24) is 20.0 Å². The Morgan fingerprint density at radius 2 is 2.04 bits per heavy atom. The van der Waals surface area contributed by atoms with Gasteiger partial charge in [-0.25, -0.2) is 0 Å². The predicted octanol–water partition coefficient (Wildman–Crippen LogP) is 2.62. The number of benzene rings is 1. The second-order valence-corrected chi connectivity index (χ2v) is 7.10. The Morgan fingerprint density at radius 3 is 2.68 bits per heavy atom. The molecule has 1 aromatic heterocycles. The van der Waals surface area contributed by atoms with E-state index in [4.69, 9.17) is 0 Å². The number of amides is 1. The number of piperidine rings is 1. The van der Waals surface area contributed by atoms with Crippen molar-refractivity contribution >= 4 is 5.91 Å².